The van der Waals surface area contributed by atoms with Gasteiger partial charge in [-0.25, -0.2) is 0 Å². The van der Waals surface area contributed by atoms with Crippen LogP contribution in [-0.2, 0) is 4.79 Å². The van der Waals surface area contributed by atoms with E-state index in [9.17, 15) is 4.79 Å². The van der Waals surface area contributed by atoms with Crippen molar-refractivity contribution in [3.63, 3.8) is 0 Å². The van der Waals surface area contributed by atoms with E-state index in [0.717, 1.165) is 11.3 Å². The van der Waals surface area contributed by atoms with Crippen LogP contribution in [0.4, 0.5) is 5.69 Å². The largest absolute Gasteiger partial charge is 0.490 e. The van der Waals surface area contributed by atoms with Gasteiger partial charge < -0.3 is 9.47 Å². The molecule has 3 rings (SSSR count). The van der Waals surface area contributed by atoms with Gasteiger partial charge in [0.15, 0.2) is 11.5 Å². The Balaban J connectivity index is 1.93. The van der Waals surface area contributed by atoms with Crippen LogP contribution in [0.25, 0.3) is 0 Å². The molecule has 1 aliphatic heterocycles. The lowest BCUT2D eigenvalue weighted by molar-refractivity contribution is -0.115. The number of hydrogen-bond acceptors (Lipinski definition) is 4. The van der Waals surface area contributed by atoms with Crippen molar-refractivity contribution in [2.24, 2.45) is 0 Å². The average molecular weight is 390 g/mol. The molecular weight excluding hydrogens is 370 g/mol. The Morgan fingerprint density at radius 2 is 2.00 bits per heavy atom. The molecule has 0 spiro atoms. The van der Waals surface area contributed by atoms with Crippen LogP contribution < -0.4 is 14.4 Å². The molecule has 26 heavy (non-hydrogen) atoms. The van der Waals surface area contributed by atoms with Gasteiger partial charge >= 0.3 is 0 Å². The van der Waals surface area contributed by atoms with Gasteiger partial charge in [0.2, 0.25) is 5.91 Å². The SMILES string of the molecule is C=CCOc1ccc([C@@H]2SCC(=O)N2c2ccc(Cl)cc2)cc1OCC. The summed E-state index contributed by atoms with van der Waals surface area (Å²) in [5.74, 6) is 1.85. The van der Waals surface area contributed by atoms with Gasteiger partial charge in [0.1, 0.15) is 12.0 Å². The summed E-state index contributed by atoms with van der Waals surface area (Å²) in [5.41, 5.74) is 1.82. The summed E-state index contributed by atoms with van der Waals surface area (Å²) < 4.78 is 11.4. The molecule has 1 saturated heterocycles. The van der Waals surface area contributed by atoms with Crippen molar-refractivity contribution < 1.29 is 14.3 Å². The van der Waals surface area contributed by atoms with E-state index in [1.807, 2.05) is 37.3 Å². The van der Waals surface area contributed by atoms with E-state index >= 15 is 0 Å². The van der Waals surface area contributed by atoms with E-state index in [1.54, 1.807) is 34.9 Å². The average Bonchev–Trinajstić information content (AvgIpc) is 3.03. The smallest absolute Gasteiger partial charge is 0.238 e. The van der Waals surface area contributed by atoms with Gasteiger partial charge in [-0.1, -0.05) is 30.3 Å². The molecule has 0 radical (unpaired) electrons. The molecule has 6 heteroatoms. The topological polar surface area (TPSA) is 38.8 Å². The van der Waals surface area contributed by atoms with Gasteiger partial charge in [0, 0.05) is 10.7 Å². The first-order valence-electron chi connectivity index (χ1n) is 8.33. The number of nitrogens with zero attached hydrogens (tertiary/aromatic N) is 1. The Bertz CT molecular complexity index is 794. The maximum Gasteiger partial charge on any atom is 0.238 e. The lowest BCUT2D eigenvalue weighted by Crippen LogP contribution is -2.27. The minimum Gasteiger partial charge on any atom is -0.490 e. The molecule has 136 valence electrons. The van der Waals surface area contributed by atoms with Crippen LogP contribution in [0.15, 0.2) is 55.1 Å². The first-order valence-corrected chi connectivity index (χ1v) is 9.76. The number of rotatable bonds is 7. The Labute approximate surface area is 162 Å². The highest BCUT2D eigenvalue weighted by molar-refractivity contribution is 8.00. The van der Waals surface area contributed by atoms with E-state index in [2.05, 4.69) is 6.58 Å². The predicted molar refractivity (Wildman–Crippen MR) is 107 cm³/mol. The van der Waals surface area contributed by atoms with Crippen LogP contribution in [0.3, 0.4) is 0 Å². The minimum absolute atomic E-state index is 0.0762. The molecule has 1 aliphatic rings. The number of hydrogen-bond donors (Lipinski definition) is 0. The number of thioether (sulfide) groups is 1. The molecule has 0 unspecified atom stereocenters. The Hall–Kier alpha value is -2.11. The van der Waals surface area contributed by atoms with Crippen LogP contribution in [0, 0.1) is 0 Å². The summed E-state index contributed by atoms with van der Waals surface area (Å²) >= 11 is 7.57. The van der Waals surface area contributed by atoms with Crippen LogP contribution in [-0.4, -0.2) is 24.9 Å². The molecular formula is C20H20ClNO3S. The van der Waals surface area contributed by atoms with Gasteiger partial charge in [-0.3, -0.25) is 9.69 Å². The molecule has 0 bridgehead atoms. The zero-order chi connectivity index (χ0) is 18.5. The Morgan fingerprint density at radius 3 is 2.69 bits per heavy atom. The van der Waals surface area contributed by atoms with Crippen molar-refractivity contribution in [1.29, 1.82) is 0 Å². The number of anilines is 1. The van der Waals surface area contributed by atoms with Crippen molar-refractivity contribution in [2.45, 2.75) is 12.3 Å². The fraction of sp³-hybridized carbons (Fsp3) is 0.250. The summed E-state index contributed by atoms with van der Waals surface area (Å²) in [7, 11) is 0. The Morgan fingerprint density at radius 1 is 1.23 bits per heavy atom. The highest BCUT2D eigenvalue weighted by atomic mass is 35.5. The van der Waals surface area contributed by atoms with Crippen molar-refractivity contribution in [3.05, 3.63) is 65.7 Å². The van der Waals surface area contributed by atoms with Crippen molar-refractivity contribution in [3.8, 4) is 11.5 Å². The summed E-state index contributed by atoms with van der Waals surface area (Å²) in [6.07, 6.45) is 1.69. The molecule has 1 amide bonds. The lowest BCUT2D eigenvalue weighted by atomic mass is 10.1. The first-order chi connectivity index (χ1) is 12.6. The standard InChI is InChI=1S/C20H20ClNO3S/c1-3-11-25-17-10-5-14(12-18(17)24-4-2)20-22(19(23)13-26-20)16-8-6-15(21)7-9-16/h3,5-10,12,20H,1,4,11,13H2,2H3/t20-/m0/s1. The van der Waals surface area contributed by atoms with E-state index in [-0.39, 0.29) is 11.3 Å². The van der Waals surface area contributed by atoms with Crippen molar-refractivity contribution >= 4 is 35.0 Å². The number of benzene rings is 2. The van der Waals surface area contributed by atoms with E-state index in [0.29, 0.717) is 35.5 Å². The maximum absolute atomic E-state index is 12.5. The van der Waals surface area contributed by atoms with Crippen LogP contribution >= 0.6 is 23.4 Å². The third-order valence-electron chi connectivity index (χ3n) is 3.88. The Kier molecular flexibility index (Phi) is 6.12. The lowest BCUT2D eigenvalue weighted by Gasteiger charge is -2.25. The fourth-order valence-electron chi connectivity index (χ4n) is 2.77. The van der Waals surface area contributed by atoms with Gasteiger partial charge in [-0.2, -0.15) is 0 Å². The number of carbonyl (C=O) groups excluding carboxylic acids is 1. The molecule has 0 aliphatic carbocycles. The molecule has 1 atom stereocenters. The number of amides is 1. The summed E-state index contributed by atoms with van der Waals surface area (Å²) in [4.78, 5) is 14.3. The third-order valence-corrected chi connectivity index (χ3v) is 5.35. The highest BCUT2D eigenvalue weighted by Crippen LogP contribution is 2.44. The second-order valence-electron chi connectivity index (χ2n) is 5.64. The van der Waals surface area contributed by atoms with Gasteiger partial charge in [0.05, 0.1) is 12.4 Å². The molecule has 2 aromatic rings. The van der Waals surface area contributed by atoms with Crippen LogP contribution in [0.2, 0.25) is 5.02 Å². The molecule has 4 nitrogen and oxygen atoms in total. The van der Waals surface area contributed by atoms with Crippen LogP contribution in [0.5, 0.6) is 11.5 Å². The normalized spacial score (nSPS) is 16.6. The molecule has 1 fully saturated rings. The van der Waals surface area contributed by atoms with Crippen molar-refractivity contribution in [2.75, 3.05) is 23.9 Å². The number of halogens is 1. The second kappa shape index (κ2) is 8.52. The summed E-state index contributed by atoms with van der Waals surface area (Å²) in [5, 5.41) is 0.531. The molecule has 0 N–H and O–H groups in total. The summed E-state index contributed by atoms with van der Waals surface area (Å²) in [6, 6.07) is 13.1. The molecule has 2 aromatic carbocycles. The van der Waals surface area contributed by atoms with E-state index in [1.165, 1.54) is 0 Å². The van der Waals surface area contributed by atoms with Crippen LogP contribution in [0.1, 0.15) is 17.9 Å². The van der Waals surface area contributed by atoms with Gasteiger partial charge in [-0.15, -0.1) is 11.8 Å². The monoisotopic (exact) mass is 389 g/mol. The number of carbonyl (C=O) groups is 1. The maximum atomic E-state index is 12.5. The number of ether oxygens (including phenoxy) is 2. The molecule has 0 aromatic heterocycles. The third kappa shape index (κ3) is 4.00. The fourth-order valence-corrected chi connectivity index (χ4v) is 4.06. The molecule has 0 saturated carbocycles. The van der Waals surface area contributed by atoms with Gasteiger partial charge in [-0.05, 0) is 48.9 Å². The summed E-state index contributed by atoms with van der Waals surface area (Å²) in [6.45, 7) is 6.54. The quantitative estimate of drug-likeness (QED) is 0.619. The van der Waals surface area contributed by atoms with Crippen molar-refractivity contribution in [1.82, 2.24) is 0 Å². The van der Waals surface area contributed by atoms with E-state index in [4.69, 9.17) is 21.1 Å². The zero-order valence-corrected chi connectivity index (χ0v) is 16.1. The second-order valence-corrected chi connectivity index (χ2v) is 7.15. The zero-order valence-electron chi connectivity index (χ0n) is 14.5. The first kappa shape index (κ1) is 18.7. The van der Waals surface area contributed by atoms with Gasteiger partial charge in [0.25, 0.3) is 0 Å². The van der Waals surface area contributed by atoms with E-state index < -0.39 is 0 Å². The molecule has 1 heterocycles. The highest BCUT2D eigenvalue weighted by Gasteiger charge is 2.34. The minimum atomic E-state index is -0.115. The predicted octanol–water partition coefficient (Wildman–Crippen LogP) is 5.08.